The Balaban J connectivity index is 1.96. The fourth-order valence-electron chi connectivity index (χ4n) is 2.53. The second kappa shape index (κ2) is 7.42. The number of ether oxygens (including phenoxy) is 1. The van der Waals surface area contributed by atoms with E-state index in [0.717, 1.165) is 55.7 Å². The number of benzene rings is 1. The van der Waals surface area contributed by atoms with E-state index in [-0.39, 0.29) is 0 Å². The standard InChI is InChI=1S/C18H24N4O/c1-3-14(2)19-16-13-17(22-9-11-23-12-10-22)21-18(20-16)15-7-5-4-6-8-15/h4-8,13-14H,3,9-12H2,1-2H3,(H,19,20,21). The van der Waals surface area contributed by atoms with Gasteiger partial charge in [-0.1, -0.05) is 37.3 Å². The average Bonchev–Trinajstić information content (AvgIpc) is 2.63. The van der Waals surface area contributed by atoms with Crippen LogP contribution in [-0.2, 0) is 4.74 Å². The topological polar surface area (TPSA) is 50.3 Å². The number of nitrogens with one attached hydrogen (secondary N) is 1. The lowest BCUT2D eigenvalue weighted by Gasteiger charge is -2.28. The monoisotopic (exact) mass is 312 g/mol. The van der Waals surface area contributed by atoms with E-state index in [1.807, 2.05) is 36.4 Å². The fourth-order valence-corrected chi connectivity index (χ4v) is 2.53. The van der Waals surface area contributed by atoms with Crippen molar-refractivity contribution < 1.29 is 4.74 Å². The molecular weight excluding hydrogens is 288 g/mol. The molecule has 0 amide bonds. The van der Waals surface area contributed by atoms with Crippen molar-refractivity contribution in [1.82, 2.24) is 9.97 Å². The fraction of sp³-hybridized carbons (Fsp3) is 0.444. The molecule has 2 aromatic rings. The largest absolute Gasteiger partial charge is 0.378 e. The summed E-state index contributed by atoms with van der Waals surface area (Å²) in [7, 11) is 0. The van der Waals surface area contributed by atoms with Gasteiger partial charge >= 0.3 is 0 Å². The first-order chi connectivity index (χ1) is 11.3. The van der Waals surface area contributed by atoms with Crippen molar-refractivity contribution in [1.29, 1.82) is 0 Å². The number of morpholine rings is 1. The first kappa shape index (κ1) is 15.7. The summed E-state index contributed by atoms with van der Waals surface area (Å²) in [4.78, 5) is 11.7. The third-order valence-corrected chi connectivity index (χ3v) is 4.09. The van der Waals surface area contributed by atoms with Crippen molar-refractivity contribution in [3.63, 3.8) is 0 Å². The van der Waals surface area contributed by atoms with Crippen LogP contribution >= 0.6 is 0 Å². The molecule has 5 heteroatoms. The van der Waals surface area contributed by atoms with Gasteiger partial charge in [-0.2, -0.15) is 0 Å². The highest BCUT2D eigenvalue weighted by Crippen LogP contribution is 2.23. The molecule has 1 aliphatic rings. The van der Waals surface area contributed by atoms with Crippen LogP contribution < -0.4 is 10.2 Å². The number of rotatable bonds is 5. The van der Waals surface area contributed by atoms with Crippen molar-refractivity contribution in [2.24, 2.45) is 0 Å². The van der Waals surface area contributed by atoms with Gasteiger partial charge in [-0.05, 0) is 13.3 Å². The molecule has 0 aliphatic carbocycles. The zero-order chi connectivity index (χ0) is 16.1. The molecule has 0 saturated carbocycles. The Morgan fingerprint density at radius 1 is 1.17 bits per heavy atom. The minimum atomic E-state index is 0.381. The van der Waals surface area contributed by atoms with Crippen LogP contribution in [0.2, 0.25) is 0 Å². The molecule has 1 aliphatic heterocycles. The van der Waals surface area contributed by atoms with Crippen LogP contribution in [-0.4, -0.2) is 42.3 Å². The molecule has 23 heavy (non-hydrogen) atoms. The summed E-state index contributed by atoms with van der Waals surface area (Å²) in [6.07, 6.45) is 1.05. The molecule has 122 valence electrons. The van der Waals surface area contributed by atoms with Crippen molar-refractivity contribution in [2.75, 3.05) is 36.5 Å². The summed E-state index contributed by atoms with van der Waals surface area (Å²) < 4.78 is 5.45. The van der Waals surface area contributed by atoms with E-state index >= 15 is 0 Å². The number of aromatic nitrogens is 2. The van der Waals surface area contributed by atoms with E-state index in [4.69, 9.17) is 14.7 Å². The third-order valence-electron chi connectivity index (χ3n) is 4.09. The van der Waals surface area contributed by atoms with Gasteiger partial charge in [-0.25, -0.2) is 9.97 Å². The Kier molecular flexibility index (Phi) is 5.08. The van der Waals surface area contributed by atoms with Crippen LogP contribution in [0.4, 0.5) is 11.6 Å². The number of anilines is 2. The molecule has 1 unspecified atom stereocenters. The molecule has 0 radical (unpaired) electrons. The van der Waals surface area contributed by atoms with Crippen LogP contribution in [0.15, 0.2) is 36.4 Å². The molecule has 1 aromatic carbocycles. The smallest absolute Gasteiger partial charge is 0.163 e. The predicted molar refractivity (Wildman–Crippen MR) is 93.9 cm³/mol. The molecule has 0 bridgehead atoms. The van der Waals surface area contributed by atoms with Gasteiger partial charge in [0, 0.05) is 30.8 Å². The summed E-state index contributed by atoms with van der Waals surface area (Å²) >= 11 is 0. The highest BCUT2D eigenvalue weighted by molar-refractivity contribution is 5.62. The lowest BCUT2D eigenvalue weighted by molar-refractivity contribution is 0.122. The van der Waals surface area contributed by atoms with E-state index in [9.17, 15) is 0 Å². The first-order valence-electron chi connectivity index (χ1n) is 8.30. The van der Waals surface area contributed by atoms with E-state index in [0.29, 0.717) is 6.04 Å². The van der Waals surface area contributed by atoms with Crippen molar-refractivity contribution in [2.45, 2.75) is 26.3 Å². The molecule has 0 spiro atoms. The van der Waals surface area contributed by atoms with Gasteiger partial charge in [0.05, 0.1) is 13.2 Å². The molecule has 3 rings (SSSR count). The van der Waals surface area contributed by atoms with E-state index in [1.54, 1.807) is 0 Å². The van der Waals surface area contributed by atoms with Gasteiger partial charge in [0.25, 0.3) is 0 Å². The lowest BCUT2D eigenvalue weighted by atomic mass is 10.2. The Hall–Kier alpha value is -2.14. The Morgan fingerprint density at radius 2 is 1.91 bits per heavy atom. The highest BCUT2D eigenvalue weighted by Gasteiger charge is 2.16. The SMILES string of the molecule is CCC(C)Nc1cc(N2CCOCC2)nc(-c2ccccc2)n1. The van der Waals surface area contributed by atoms with Crippen LogP contribution in [0.1, 0.15) is 20.3 Å². The normalized spacial score (nSPS) is 16.2. The Labute approximate surface area is 137 Å². The van der Waals surface area contributed by atoms with Gasteiger partial charge in [0.1, 0.15) is 11.6 Å². The van der Waals surface area contributed by atoms with E-state index < -0.39 is 0 Å². The van der Waals surface area contributed by atoms with Gasteiger partial charge in [0.2, 0.25) is 0 Å². The third kappa shape index (κ3) is 3.99. The number of hydrogen-bond donors (Lipinski definition) is 1. The number of nitrogens with zero attached hydrogens (tertiary/aromatic N) is 3. The maximum Gasteiger partial charge on any atom is 0.163 e. The zero-order valence-corrected chi connectivity index (χ0v) is 13.8. The zero-order valence-electron chi connectivity index (χ0n) is 13.8. The predicted octanol–water partition coefficient (Wildman–Crippen LogP) is 3.19. The van der Waals surface area contributed by atoms with Gasteiger partial charge < -0.3 is 15.0 Å². The molecule has 1 N–H and O–H groups in total. The Bertz CT molecular complexity index is 626. The maximum atomic E-state index is 5.45. The summed E-state index contributed by atoms with van der Waals surface area (Å²) in [6.45, 7) is 7.57. The number of hydrogen-bond acceptors (Lipinski definition) is 5. The second-order valence-electron chi connectivity index (χ2n) is 5.85. The lowest BCUT2D eigenvalue weighted by Crippen LogP contribution is -2.37. The average molecular weight is 312 g/mol. The molecule has 1 fully saturated rings. The van der Waals surface area contributed by atoms with Gasteiger partial charge in [-0.3, -0.25) is 0 Å². The molecule has 1 aromatic heterocycles. The first-order valence-corrected chi connectivity index (χ1v) is 8.30. The van der Waals surface area contributed by atoms with Crippen molar-refractivity contribution >= 4 is 11.6 Å². The molecule has 1 saturated heterocycles. The van der Waals surface area contributed by atoms with Gasteiger partial charge in [0.15, 0.2) is 5.82 Å². The quantitative estimate of drug-likeness (QED) is 0.919. The Morgan fingerprint density at radius 3 is 2.61 bits per heavy atom. The maximum absolute atomic E-state index is 5.45. The van der Waals surface area contributed by atoms with Crippen LogP contribution in [0, 0.1) is 0 Å². The minimum absolute atomic E-state index is 0.381. The highest BCUT2D eigenvalue weighted by atomic mass is 16.5. The summed E-state index contributed by atoms with van der Waals surface area (Å²) in [6, 6.07) is 12.6. The summed E-state index contributed by atoms with van der Waals surface area (Å²) in [5, 5.41) is 3.47. The van der Waals surface area contributed by atoms with E-state index in [2.05, 4.69) is 24.1 Å². The van der Waals surface area contributed by atoms with E-state index in [1.165, 1.54) is 0 Å². The van der Waals surface area contributed by atoms with Gasteiger partial charge in [-0.15, -0.1) is 0 Å². The van der Waals surface area contributed by atoms with Crippen LogP contribution in [0.25, 0.3) is 11.4 Å². The molecule has 5 nitrogen and oxygen atoms in total. The summed E-state index contributed by atoms with van der Waals surface area (Å²) in [5.74, 6) is 2.61. The van der Waals surface area contributed by atoms with Crippen LogP contribution in [0.5, 0.6) is 0 Å². The minimum Gasteiger partial charge on any atom is -0.378 e. The van der Waals surface area contributed by atoms with Crippen molar-refractivity contribution in [3.05, 3.63) is 36.4 Å². The molecule has 2 heterocycles. The van der Waals surface area contributed by atoms with Crippen LogP contribution in [0.3, 0.4) is 0 Å². The summed E-state index contributed by atoms with van der Waals surface area (Å²) in [5.41, 5.74) is 1.04. The molecule has 1 atom stereocenters. The second-order valence-corrected chi connectivity index (χ2v) is 5.85. The van der Waals surface area contributed by atoms with Crippen molar-refractivity contribution in [3.8, 4) is 11.4 Å². The molecular formula is C18H24N4O.